The molecule has 0 unspecified atom stereocenters. The molecule has 2 amide bonds. The van der Waals surface area contributed by atoms with Crippen LogP contribution in [0.2, 0.25) is 0 Å². The SMILES string of the molecule is CCCNC(=O)N[C@@H]1C[C@@H](c2nc(COC)nn2C(C)C)CC[C@H]1O. The quantitative estimate of drug-likeness (QED) is 0.693. The number of carbonyl (C=O) groups excluding carboxylic acids is 1. The highest BCUT2D eigenvalue weighted by molar-refractivity contribution is 5.74. The maximum Gasteiger partial charge on any atom is 0.315 e. The predicted molar refractivity (Wildman–Crippen MR) is 94.3 cm³/mol. The smallest absolute Gasteiger partial charge is 0.315 e. The highest BCUT2D eigenvalue weighted by Crippen LogP contribution is 2.33. The van der Waals surface area contributed by atoms with Crippen LogP contribution in [0.15, 0.2) is 0 Å². The third kappa shape index (κ3) is 5.15. The molecule has 1 aliphatic rings. The molecule has 0 bridgehead atoms. The molecule has 0 spiro atoms. The number of hydrogen-bond donors (Lipinski definition) is 3. The van der Waals surface area contributed by atoms with Gasteiger partial charge < -0.3 is 20.5 Å². The van der Waals surface area contributed by atoms with Crippen molar-refractivity contribution in [2.24, 2.45) is 0 Å². The zero-order valence-electron chi connectivity index (χ0n) is 15.7. The van der Waals surface area contributed by atoms with Crippen molar-refractivity contribution in [2.75, 3.05) is 13.7 Å². The van der Waals surface area contributed by atoms with Gasteiger partial charge in [0.25, 0.3) is 0 Å². The zero-order chi connectivity index (χ0) is 18.4. The van der Waals surface area contributed by atoms with Gasteiger partial charge in [-0.3, -0.25) is 0 Å². The van der Waals surface area contributed by atoms with E-state index in [-0.39, 0.29) is 24.0 Å². The van der Waals surface area contributed by atoms with Crippen LogP contribution in [0.25, 0.3) is 0 Å². The van der Waals surface area contributed by atoms with Crippen LogP contribution in [-0.2, 0) is 11.3 Å². The van der Waals surface area contributed by atoms with Crippen molar-refractivity contribution < 1.29 is 14.6 Å². The van der Waals surface area contributed by atoms with Crippen molar-refractivity contribution in [1.82, 2.24) is 25.4 Å². The topological polar surface area (TPSA) is 101 Å². The molecule has 8 heteroatoms. The Hall–Kier alpha value is -1.67. The van der Waals surface area contributed by atoms with Crippen LogP contribution in [0, 0.1) is 0 Å². The van der Waals surface area contributed by atoms with Gasteiger partial charge in [0, 0.05) is 25.6 Å². The number of carbonyl (C=O) groups is 1. The number of amides is 2. The number of aliphatic hydroxyl groups is 1. The molecule has 8 nitrogen and oxygen atoms in total. The molecule has 3 atom stereocenters. The van der Waals surface area contributed by atoms with Crippen molar-refractivity contribution in [3.05, 3.63) is 11.6 Å². The molecule has 3 N–H and O–H groups in total. The minimum absolute atomic E-state index is 0.153. The minimum atomic E-state index is -0.530. The van der Waals surface area contributed by atoms with E-state index < -0.39 is 6.10 Å². The van der Waals surface area contributed by atoms with Gasteiger partial charge >= 0.3 is 6.03 Å². The number of aromatic nitrogens is 3. The van der Waals surface area contributed by atoms with Crippen molar-refractivity contribution in [2.45, 2.75) is 77.2 Å². The van der Waals surface area contributed by atoms with Gasteiger partial charge in [0.15, 0.2) is 5.82 Å². The van der Waals surface area contributed by atoms with Crippen LogP contribution >= 0.6 is 0 Å². The first kappa shape index (κ1) is 19.7. The Morgan fingerprint density at radius 1 is 1.44 bits per heavy atom. The van der Waals surface area contributed by atoms with Crippen molar-refractivity contribution in [3.8, 4) is 0 Å². The summed E-state index contributed by atoms with van der Waals surface area (Å²) in [6.45, 7) is 7.14. The third-order valence-electron chi connectivity index (χ3n) is 4.50. The Labute approximate surface area is 149 Å². The molecule has 142 valence electrons. The fourth-order valence-electron chi connectivity index (χ4n) is 3.23. The predicted octanol–water partition coefficient (Wildman–Crippen LogP) is 1.71. The highest BCUT2D eigenvalue weighted by Gasteiger charge is 2.34. The number of nitrogens with one attached hydrogen (secondary N) is 2. The second kappa shape index (κ2) is 9.15. The molecule has 0 radical (unpaired) electrons. The van der Waals surface area contributed by atoms with E-state index in [1.165, 1.54) is 0 Å². The van der Waals surface area contributed by atoms with Gasteiger partial charge in [0.05, 0.1) is 12.1 Å². The Bertz CT molecular complexity index is 560. The van der Waals surface area contributed by atoms with Crippen LogP contribution in [0.5, 0.6) is 0 Å². The third-order valence-corrected chi connectivity index (χ3v) is 4.50. The molecule has 1 saturated carbocycles. The summed E-state index contributed by atoms with van der Waals surface area (Å²) in [5.74, 6) is 1.73. The molecule has 1 aliphatic carbocycles. The van der Waals surface area contributed by atoms with E-state index in [0.29, 0.717) is 31.8 Å². The van der Waals surface area contributed by atoms with Crippen molar-refractivity contribution in [1.29, 1.82) is 0 Å². The second-order valence-electron chi connectivity index (χ2n) is 6.94. The lowest BCUT2D eigenvalue weighted by Gasteiger charge is -2.33. The summed E-state index contributed by atoms with van der Waals surface area (Å²) in [5.41, 5.74) is 0. The Kier molecular flexibility index (Phi) is 7.19. The summed E-state index contributed by atoms with van der Waals surface area (Å²) in [5, 5.41) is 20.5. The van der Waals surface area contributed by atoms with E-state index in [1.807, 2.05) is 11.6 Å². The number of ether oxygens (including phenoxy) is 1. The largest absolute Gasteiger partial charge is 0.391 e. The molecule has 0 aliphatic heterocycles. The Morgan fingerprint density at radius 3 is 2.84 bits per heavy atom. The molecule has 1 fully saturated rings. The fourth-order valence-corrected chi connectivity index (χ4v) is 3.23. The second-order valence-corrected chi connectivity index (χ2v) is 6.94. The van der Waals surface area contributed by atoms with E-state index >= 15 is 0 Å². The van der Waals surface area contributed by atoms with Crippen molar-refractivity contribution in [3.63, 3.8) is 0 Å². The van der Waals surface area contributed by atoms with Gasteiger partial charge in [-0.25, -0.2) is 14.5 Å². The zero-order valence-corrected chi connectivity index (χ0v) is 15.7. The van der Waals surface area contributed by atoms with Crippen LogP contribution in [0.1, 0.15) is 70.1 Å². The van der Waals surface area contributed by atoms with Gasteiger partial charge in [-0.15, -0.1) is 0 Å². The molecule has 25 heavy (non-hydrogen) atoms. The molecule has 0 aromatic carbocycles. The Balaban J connectivity index is 2.10. The van der Waals surface area contributed by atoms with Gasteiger partial charge in [-0.1, -0.05) is 6.92 Å². The summed E-state index contributed by atoms with van der Waals surface area (Å²) in [7, 11) is 1.63. The molecular formula is C17H31N5O3. The van der Waals surface area contributed by atoms with Gasteiger partial charge in [0.1, 0.15) is 12.4 Å². The van der Waals surface area contributed by atoms with E-state index in [2.05, 4.69) is 34.6 Å². The number of nitrogens with zero attached hydrogens (tertiary/aromatic N) is 3. The van der Waals surface area contributed by atoms with Crippen LogP contribution in [0.3, 0.4) is 0 Å². The van der Waals surface area contributed by atoms with Gasteiger partial charge in [-0.05, 0) is 39.5 Å². The molecular weight excluding hydrogens is 322 g/mol. The normalized spacial score (nSPS) is 23.7. The minimum Gasteiger partial charge on any atom is -0.391 e. The average Bonchev–Trinajstić information content (AvgIpc) is 2.99. The summed E-state index contributed by atoms with van der Waals surface area (Å²) in [4.78, 5) is 16.6. The monoisotopic (exact) mass is 353 g/mol. The summed E-state index contributed by atoms with van der Waals surface area (Å²) in [6, 6.07) is -0.310. The fraction of sp³-hybridized carbons (Fsp3) is 0.824. The number of urea groups is 1. The van der Waals surface area contributed by atoms with E-state index in [4.69, 9.17) is 4.74 Å². The number of aliphatic hydroxyl groups excluding tert-OH is 1. The van der Waals surface area contributed by atoms with Crippen molar-refractivity contribution >= 4 is 6.03 Å². The number of hydrogen-bond acceptors (Lipinski definition) is 5. The van der Waals surface area contributed by atoms with E-state index in [9.17, 15) is 9.90 Å². The average molecular weight is 353 g/mol. The lowest BCUT2D eigenvalue weighted by atomic mass is 9.83. The lowest BCUT2D eigenvalue weighted by Crippen LogP contribution is -2.50. The van der Waals surface area contributed by atoms with Gasteiger partial charge in [-0.2, -0.15) is 5.10 Å². The summed E-state index contributed by atoms with van der Waals surface area (Å²) < 4.78 is 7.08. The van der Waals surface area contributed by atoms with Gasteiger partial charge in [0.2, 0.25) is 0 Å². The molecule has 2 rings (SSSR count). The summed E-state index contributed by atoms with van der Waals surface area (Å²) in [6.07, 6.45) is 2.46. The highest BCUT2D eigenvalue weighted by atomic mass is 16.5. The number of methoxy groups -OCH3 is 1. The first-order chi connectivity index (χ1) is 12.0. The molecule has 0 saturated heterocycles. The lowest BCUT2D eigenvalue weighted by molar-refractivity contribution is 0.0847. The maximum absolute atomic E-state index is 11.9. The molecule has 1 aromatic rings. The Morgan fingerprint density at radius 2 is 2.20 bits per heavy atom. The van der Waals surface area contributed by atoms with Crippen LogP contribution in [0.4, 0.5) is 4.79 Å². The standard InChI is InChI=1S/C17H31N5O3/c1-5-8-18-17(24)19-13-9-12(6-7-14(13)23)16-20-15(10-25-4)21-22(16)11(2)3/h11-14,23H,5-10H2,1-4H3,(H2,18,19,24)/t12-,13+,14+/m0/s1. The molecule has 1 heterocycles. The summed E-state index contributed by atoms with van der Waals surface area (Å²) >= 11 is 0. The first-order valence-electron chi connectivity index (χ1n) is 9.12. The maximum atomic E-state index is 11.9. The van der Waals surface area contributed by atoms with Crippen LogP contribution < -0.4 is 10.6 Å². The first-order valence-corrected chi connectivity index (χ1v) is 9.12. The van der Waals surface area contributed by atoms with Crippen LogP contribution in [-0.4, -0.2) is 51.7 Å². The van der Waals surface area contributed by atoms with E-state index in [0.717, 1.165) is 18.7 Å². The number of rotatable bonds is 7. The molecule has 1 aromatic heterocycles. The van der Waals surface area contributed by atoms with E-state index in [1.54, 1.807) is 7.11 Å².